The van der Waals surface area contributed by atoms with E-state index in [1.807, 2.05) is 18.2 Å². The highest BCUT2D eigenvalue weighted by molar-refractivity contribution is 7.19. The number of nitrogens with one attached hydrogen (secondary N) is 1. The molecule has 0 saturated carbocycles. The van der Waals surface area contributed by atoms with Crippen LogP contribution in [0.25, 0.3) is 21.0 Å². The van der Waals surface area contributed by atoms with Crippen molar-refractivity contribution in [2.24, 2.45) is 0 Å². The first-order chi connectivity index (χ1) is 14.6. The molecule has 1 aliphatic heterocycles. The number of piperazine rings is 1. The number of rotatable bonds is 4. The summed E-state index contributed by atoms with van der Waals surface area (Å²) in [6, 6.07) is 14.4. The van der Waals surface area contributed by atoms with Crippen molar-refractivity contribution in [2.75, 3.05) is 31.1 Å². The van der Waals surface area contributed by atoms with Crippen LogP contribution in [0.3, 0.4) is 0 Å². The third kappa shape index (κ3) is 3.55. The van der Waals surface area contributed by atoms with Crippen molar-refractivity contribution in [2.45, 2.75) is 12.5 Å². The summed E-state index contributed by atoms with van der Waals surface area (Å²) in [5, 5.41) is 4.95. The van der Waals surface area contributed by atoms with Gasteiger partial charge in [-0.1, -0.05) is 12.1 Å². The lowest BCUT2D eigenvalue weighted by atomic mass is 9.98. The normalized spacial score (nSPS) is 16.1. The second-order valence-corrected chi connectivity index (χ2v) is 8.75. The fourth-order valence-electron chi connectivity index (χ4n) is 4.08. The predicted molar refractivity (Wildman–Crippen MR) is 121 cm³/mol. The van der Waals surface area contributed by atoms with E-state index in [2.05, 4.69) is 44.5 Å². The molecule has 8 heteroatoms. The second-order valence-electron chi connectivity index (χ2n) is 7.59. The van der Waals surface area contributed by atoms with Crippen molar-refractivity contribution in [3.05, 3.63) is 59.2 Å². The minimum absolute atomic E-state index is 0.0575. The largest absolute Gasteiger partial charge is 0.399 e. The quantitative estimate of drug-likeness (QED) is 0.440. The molecule has 5 N–H and O–H groups in total. The lowest BCUT2D eigenvalue weighted by molar-refractivity contribution is -0.124. The Kier molecular flexibility index (Phi) is 4.72. The van der Waals surface area contributed by atoms with Gasteiger partial charge in [0.1, 0.15) is 12.1 Å². The van der Waals surface area contributed by atoms with E-state index in [0.717, 1.165) is 35.1 Å². The van der Waals surface area contributed by atoms with E-state index in [1.54, 1.807) is 11.3 Å². The van der Waals surface area contributed by atoms with E-state index in [-0.39, 0.29) is 11.9 Å². The summed E-state index contributed by atoms with van der Waals surface area (Å²) < 4.78 is 1.18. The minimum Gasteiger partial charge on any atom is -0.399 e. The van der Waals surface area contributed by atoms with E-state index in [0.29, 0.717) is 18.9 Å². The van der Waals surface area contributed by atoms with Crippen LogP contribution in [0, 0.1) is 0 Å². The molecular formula is C22H22N6OS. The van der Waals surface area contributed by atoms with Crippen LogP contribution < -0.4 is 16.8 Å². The van der Waals surface area contributed by atoms with Crippen molar-refractivity contribution in [1.82, 2.24) is 20.2 Å². The van der Waals surface area contributed by atoms with Crippen molar-refractivity contribution < 1.29 is 4.79 Å². The third-order valence-electron chi connectivity index (χ3n) is 5.57. The third-order valence-corrected chi connectivity index (χ3v) is 6.69. The van der Waals surface area contributed by atoms with Gasteiger partial charge in [0.05, 0.1) is 12.1 Å². The number of fused-ring (bicyclic) bond motifs is 2. The molecule has 7 nitrogen and oxygen atoms in total. The monoisotopic (exact) mass is 418 g/mol. The molecule has 1 saturated heterocycles. The Morgan fingerprint density at radius 3 is 2.90 bits per heavy atom. The van der Waals surface area contributed by atoms with Gasteiger partial charge >= 0.3 is 0 Å². The van der Waals surface area contributed by atoms with Gasteiger partial charge in [0.15, 0.2) is 0 Å². The van der Waals surface area contributed by atoms with Crippen LogP contribution >= 0.6 is 11.3 Å². The molecule has 5 rings (SSSR count). The summed E-state index contributed by atoms with van der Waals surface area (Å²) in [5.74, 6) is 0.533. The van der Waals surface area contributed by atoms with Crippen LogP contribution in [0.4, 0.5) is 11.5 Å². The zero-order valence-corrected chi connectivity index (χ0v) is 17.2. The summed E-state index contributed by atoms with van der Waals surface area (Å²) >= 11 is 1.75. The molecule has 1 fully saturated rings. The molecule has 152 valence electrons. The molecule has 4 aromatic rings. The van der Waals surface area contributed by atoms with Crippen LogP contribution in [-0.2, 0) is 11.2 Å². The zero-order chi connectivity index (χ0) is 20.7. The molecule has 1 aliphatic rings. The van der Waals surface area contributed by atoms with E-state index >= 15 is 0 Å². The smallest absolute Gasteiger partial charge is 0.234 e. The number of nitrogens with zero attached hydrogens (tertiary/aromatic N) is 3. The Balaban J connectivity index is 1.55. The predicted octanol–water partition coefficient (Wildman–Crippen LogP) is 2.72. The number of anilines is 2. The first kappa shape index (κ1) is 18.8. The number of nitrogen functional groups attached to an aromatic ring is 2. The topological polar surface area (TPSA) is 110 Å². The van der Waals surface area contributed by atoms with Crippen molar-refractivity contribution in [3.8, 4) is 0 Å². The van der Waals surface area contributed by atoms with E-state index in [4.69, 9.17) is 11.5 Å². The van der Waals surface area contributed by atoms with E-state index in [1.165, 1.54) is 21.3 Å². The average Bonchev–Trinajstić information content (AvgIpc) is 3.13. The van der Waals surface area contributed by atoms with Crippen LogP contribution in [-0.4, -0.2) is 40.4 Å². The standard InChI is InChI=1S/C22H22N6OS/c23-15-3-1-14-7-16(30-20(14)9-15)10-19(28-6-5-25-21(29)11-28)13-2-4-17-18(8-13)26-12-27-22(17)24/h1-4,7-9,12,19H,5-6,10-11,23H2,(H,25,29)(H2,24,26,27). The number of aromatic nitrogens is 2. The first-order valence-electron chi connectivity index (χ1n) is 9.85. The molecule has 3 heterocycles. The number of benzene rings is 2. The number of amides is 1. The van der Waals surface area contributed by atoms with Gasteiger partial charge in [-0.05, 0) is 41.3 Å². The number of hydrogen-bond donors (Lipinski definition) is 3. The number of carbonyl (C=O) groups excluding carboxylic acids is 1. The molecule has 30 heavy (non-hydrogen) atoms. The highest BCUT2D eigenvalue weighted by Crippen LogP contribution is 2.34. The molecule has 2 aromatic carbocycles. The Morgan fingerprint density at radius 1 is 1.13 bits per heavy atom. The molecule has 2 aromatic heterocycles. The van der Waals surface area contributed by atoms with Crippen LogP contribution in [0.15, 0.2) is 48.8 Å². The minimum atomic E-state index is 0.0575. The maximum atomic E-state index is 12.1. The molecular weight excluding hydrogens is 396 g/mol. The molecule has 1 atom stereocenters. The van der Waals surface area contributed by atoms with Crippen molar-refractivity contribution in [3.63, 3.8) is 0 Å². The van der Waals surface area contributed by atoms with Crippen LogP contribution in [0.2, 0.25) is 0 Å². The lowest BCUT2D eigenvalue weighted by Gasteiger charge is -2.34. The SMILES string of the molecule is Nc1ccc2cc(CC(c3ccc4c(N)ncnc4c3)N3CCNC(=O)C3)sc2c1. The van der Waals surface area contributed by atoms with Gasteiger partial charge in [0.25, 0.3) is 0 Å². The van der Waals surface area contributed by atoms with Gasteiger partial charge in [-0.3, -0.25) is 9.69 Å². The van der Waals surface area contributed by atoms with Crippen LogP contribution in [0.5, 0.6) is 0 Å². The average molecular weight is 419 g/mol. The first-order valence-corrected chi connectivity index (χ1v) is 10.7. The van der Waals surface area contributed by atoms with Crippen molar-refractivity contribution >= 4 is 49.7 Å². The Morgan fingerprint density at radius 2 is 2.03 bits per heavy atom. The Labute approximate surface area is 177 Å². The van der Waals surface area contributed by atoms with Gasteiger partial charge in [0, 0.05) is 46.2 Å². The maximum Gasteiger partial charge on any atom is 0.234 e. The van der Waals surface area contributed by atoms with Gasteiger partial charge in [0.2, 0.25) is 5.91 Å². The van der Waals surface area contributed by atoms with Gasteiger partial charge in [-0.25, -0.2) is 9.97 Å². The van der Waals surface area contributed by atoms with Gasteiger partial charge < -0.3 is 16.8 Å². The lowest BCUT2D eigenvalue weighted by Crippen LogP contribution is -2.49. The molecule has 1 amide bonds. The number of nitrogens with two attached hydrogens (primary N) is 2. The molecule has 0 bridgehead atoms. The Hall–Kier alpha value is -3.23. The van der Waals surface area contributed by atoms with E-state index in [9.17, 15) is 4.79 Å². The highest BCUT2D eigenvalue weighted by atomic mass is 32.1. The van der Waals surface area contributed by atoms with Gasteiger partial charge in [-0.15, -0.1) is 11.3 Å². The zero-order valence-electron chi connectivity index (χ0n) is 16.3. The summed E-state index contributed by atoms with van der Waals surface area (Å²) in [4.78, 5) is 24.1. The fourth-order valence-corrected chi connectivity index (χ4v) is 5.23. The summed E-state index contributed by atoms with van der Waals surface area (Å²) in [7, 11) is 0. The summed E-state index contributed by atoms with van der Waals surface area (Å²) in [6.07, 6.45) is 2.29. The number of carbonyl (C=O) groups is 1. The molecule has 0 spiro atoms. The Bertz CT molecular complexity index is 1250. The molecule has 1 unspecified atom stereocenters. The molecule has 0 radical (unpaired) electrons. The van der Waals surface area contributed by atoms with Crippen molar-refractivity contribution in [1.29, 1.82) is 0 Å². The second kappa shape index (κ2) is 7.55. The summed E-state index contributed by atoms with van der Waals surface area (Å²) in [5.41, 5.74) is 14.7. The number of hydrogen-bond acceptors (Lipinski definition) is 7. The van der Waals surface area contributed by atoms with Gasteiger partial charge in [-0.2, -0.15) is 0 Å². The van der Waals surface area contributed by atoms with E-state index < -0.39 is 0 Å². The summed E-state index contributed by atoms with van der Waals surface area (Å²) in [6.45, 7) is 1.84. The number of thiophene rings is 1. The van der Waals surface area contributed by atoms with Crippen LogP contribution in [0.1, 0.15) is 16.5 Å². The fraction of sp³-hybridized carbons (Fsp3) is 0.227. The molecule has 0 aliphatic carbocycles. The highest BCUT2D eigenvalue weighted by Gasteiger charge is 2.27. The maximum absolute atomic E-state index is 12.1.